The highest BCUT2D eigenvalue weighted by atomic mass is 32.2. The van der Waals surface area contributed by atoms with Gasteiger partial charge in [0, 0.05) is 13.1 Å². The number of amides is 1. The summed E-state index contributed by atoms with van der Waals surface area (Å²) in [5, 5.41) is 2.76. The monoisotopic (exact) mass is 375 g/mol. The van der Waals surface area contributed by atoms with Gasteiger partial charge >= 0.3 is 0 Å². The minimum atomic E-state index is -3.84. The van der Waals surface area contributed by atoms with Crippen molar-refractivity contribution in [1.29, 1.82) is 0 Å². The molecular formula is C19H25N3O3S. The number of benzene rings is 2. The first-order valence-electron chi connectivity index (χ1n) is 8.36. The maximum atomic E-state index is 13.1. The summed E-state index contributed by atoms with van der Waals surface area (Å²) < 4.78 is 27.3. The lowest BCUT2D eigenvalue weighted by molar-refractivity contribution is -0.119. The molecule has 0 heterocycles. The van der Waals surface area contributed by atoms with E-state index in [4.69, 9.17) is 0 Å². The predicted octanol–water partition coefficient (Wildman–Crippen LogP) is 1.87. The smallest absolute Gasteiger partial charge is 0.264 e. The zero-order chi connectivity index (χ0) is 19.2. The molecule has 1 amide bonds. The molecule has 0 aliphatic carbocycles. The minimum absolute atomic E-state index is 0.154. The lowest BCUT2D eigenvalue weighted by Crippen LogP contribution is -2.42. The van der Waals surface area contributed by atoms with Crippen LogP contribution in [0.3, 0.4) is 0 Å². The van der Waals surface area contributed by atoms with Gasteiger partial charge in [-0.15, -0.1) is 0 Å². The third-order valence-electron chi connectivity index (χ3n) is 3.82. The number of anilines is 1. The van der Waals surface area contributed by atoms with Crippen molar-refractivity contribution >= 4 is 21.6 Å². The van der Waals surface area contributed by atoms with Gasteiger partial charge in [0.15, 0.2) is 0 Å². The Morgan fingerprint density at radius 1 is 1.00 bits per heavy atom. The fourth-order valence-electron chi connectivity index (χ4n) is 2.35. The van der Waals surface area contributed by atoms with Gasteiger partial charge in [-0.1, -0.05) is 35.9 Å². The Balaban J connectivity index is 2.28. The third kappa shape index (κ3) is 5.31. The molecule has 0 aliphatic rings. The molecule has 2 rings (SSSR count). The largest absolute Gasteiger partial charge is 0.353 e. The highest BCUT2D eigenvalue weighted by Gasteiger charge is 2.26. The van der Waals surface area contributed by atoms with Crippen molar-refractivity contribution in [2.24, 2.45) is 0 Å². The summed E-state index contributed by atoms with van der Waals surface area (Å²) in [5.74, 6) is -0.341. The van der Waals surface area contributed by atoms with Crippen molar-refractivity contribution in [3.8, 4) is 0 Å². The quantitative estimate of drug-likeness (QED) is 0.765. The fourth-order valence-corrected chi connectivity index (χ4v) is 3.79. The van der Waals surface area contributed by atoms with Crippen LogP contribution in [0.1, 0.15) is 5.56 Å². The number of hydrogen-bond acceptors (Lipinski definition) is 4. The van der Waals surface area contributed by atoms with Crippen molar-refractivity contribution in [3.05, 3.63) is 60.2 Å². The Kier molecular flexibility index (Phi) is 6.76. The molecule has 0 spiro atoms. The van der Waals surface area contributed by atoms with Crippen LogP contribution in [0.25, 0.3) is 0 Å². The van der Waals surface area contributed by atoms with Gasteiger partial charge in [0.25, 0.3) is 10.0 Å². The number of carbonyl (C=O) groups excluding carboxylic acids is 1. The molecule has 1 N–H and O–H groups in total. The van der Waals surface area contributed by atoms with Gasteiger partial charge in [-0.25, -0.2) is 8.42 Å². The van der Waals surface area contributed by atoms with E-state index < -0.39 is 10.0 Å². The molecule has 2 aromatic carbocycles. The van der Waals surface area contributed by atoms with Gasteiger partial charge in [-0.05, 0) is 45.3 Å². The Morgan fingerprint density at radius 2 is 1.62 bits per heavy atom. The number of nitrogens with zero attached hydrogens (tertiary/aromatic N) is 2. The first kappa shape index (κ1) is 19.9. The first-order chi connectivity index (χ1) is 12.3. The molecule has 0 unspecified atom stereocenters. The molecule has 0 aromatic heterocycles. The van der Waals surface area contributed by atoms with Crippen molar-refractivity contribution in [2.45, 2.75) is 11.8 Å². The van der Waals surface area contributed by atoms with Crippen LogP contribution in [0.2, 0.25) is 0 Å². The summed E-state index contributed by atoms with van der Waals surface area (Å²) in [7, 11) is -0.0266. The van der Waals surface area contributed by atoms with E-state index in [1.165, 1.54) is 12.1 Å². The van der Waals surface area contributed by atoms with Crippen LogP contribution in [0.5, 0.6) is 0 Å². The molecule has 0 saturated heterocycles. The maximum Gasteiger partial charge on any atom is 0.264 e. The molecule has 0 fully saturated rings. The molecule has 0 atom stereocenters. The van der Waals surface area contributed by atoms with Crippen molar-refractivity contribution in [3.63, 3.8) is 0 Å². The van der Waals surface area contributed by atoms with E-state index in [0.29, 0.717) is 18.8 Å². The van der Waals surface area contributed by atoms with Crippen molar-refractivity contribution in [2.75, 3.05) is 38.0 Å². The van der Waals surface area contributed by atoms with Crippen LogP contribution in [0.15, 0.2) is 59.5 Å². The van der Waals surface area contributed by atoms with Gasteiger partial charge < -0.3 is 10.2 Å². The lowest BCUT2D eigenvalue weighted by atomic mass is 10.2. The van der Waals surface area contributed by atoms with Crippen LogP contribution in [0.4, 0.5) is 5.69 Å². The lowest BCUT2D eigenvalue weighted by Gasteiger charge is -2.24. The molecule has 2 aromatic rings. The molecule has 0 bridgehead atoms. The predicted molar refractivity (Wildman–Crippen MR) is 104 cm³/mol. The average Bonchev–Trinajstić information content (AvgIpc) is 2.61. The summed E-state index contributed by atoms with van der Waals surface area (Å²) in [5.41, 5.74) is 1.48. The average molecular weight is 375 g/mol. The SMILES string of the molecule is Cc1ccc(N(CC(=O)NCCN(C)C)S(=O)(=O)c2ccccc2)cc1. The standard InChI is InChI=1S/C19H25N3O3S/c1-16-9-11-17(12-10-16)22(15-19(23)20-13-14-21(2)3)26(24,25)18-7-5-4-6-8-18/h4-12H,13-15H2,1-3H3,(H,20,23). The number of sulfonamides is 1. The summed E-state index contributed by atoms with van der Waals surface area (Å²) in [6.07, 6.45) is 0. The first-order valence-corrected chi connectivity index (χ1v) is 9.80. The molecule has 0 radical (unpaired) electrons. The number of likely N-dealkylation sites (N-methyl/N-ethyl adjacent to an activating group) is 1. The fraction of sp³-hybridized carbons (Fsp3) is 0.316. The number of aryl methyl sites for hydroxylation is 1. The van der Waals surface area contributed by atoms with Gasteiger partial charge in [0.2, 0.25) is 5.91 Å². The summed E-state index contributed by atoms with van der Waals surface area (Å²) >= 11 is 0. The van der Waals surface area contributed by atoms with Crippen LogP contribution >= 0.6 is 0 Å². The molecule has 6 nitrogen and oxygen atoms in total. The zero-order valence-corrected chi connectivity index (χ0v) is 16.2. The second-order valence-electron chi connectivity index (χ2n) is 6.31. The molecule has 7 heteroatoms. The van der Waals surface area contributed by atoms with Crippen LogP contribution in [0, 0.1) is 6.92 Å². The Labute approximate surface area is 155 Å². The van der Waals surface area contributed by atoms with Crippen LogP contribution in [-0.4, -0.2) is 53.0 Å². The third-order valence-corrected chi connectivity index (χ3v) is 5.61. The molecule has 140 valence electrons. The van der Waals surface area contributed by atoms with Crippen LogP contribution < -0.4 is 9.62 Å². The summed E-state index contributed by atoms with van der Waals surface area (Å²) in [6, 6.07) is 15.2. The van der Waals surface area contributed by atoms with Gasteiger partial charge in [0.05, 0.1) is 10.6 Å². The highest BCUT2D eigenvalue weighted by molar-refractivity contribution is 7.92. The Bertz CT molecular complexity index is 819. The topological polar surface area (TPSA) is 69.7 Å². The second-order valence-corrected chi connectivity index (χ2v) is 8.18. The van der Waals surface area contributed by atoms with E-state index >= 15 is 0 Å². The van der Waals surface area contributed by atoms with E-state index in [1.54, 1.807) is 30.3 Å². The van der Waals surface area contributed by atoms with Gasteiger partial charge in [-0.3, -0.25) is 9.10 Å². The maximum absolute atomic E-state index is 13.1. The van der Waals surface area contributed by atoms with E-state index in [9.17, 15) is 13.2 Å². The minimum Gasteiger partial charge on any atom is -0.353 e. The van der Waals surface area contributed by atoms with E-state index in [-0.39, 0.29) is 17.3 Å². The van der Waals surface area contributed by atoms with Gasteiger partial charge in [-0.2, -0.15) is 0 Å². The van der Waals surface area contributed by atoms with Crippen molar-refractivity contribution in [1.82, 2.24) is 10.2 Å². The number of carbonyl (C=O) groups is 1. The second kappa shape index (κ2) is 8.82. The Hall–Kier alpha value is -2.38. The number of rotatable bonds is 8. The van der Waals surface area contributed by atoms with Crippen molar-refractivity contribution < 1.29 is 13.2 Å². The molecule has 0 saturated carbocycles. The zero-order valence-electron chi connectivity index (χ0n) is 15.3. The number of nitrogens with one attached hydrogen (secondary N) is 1. The highest BCUT2D eigenvalue weighted by Crippen LogP contribution is 2.23. The normalized spacial score (nSPS) is 11.4. The van der Waals surface area contributed by atoms with E-state index in [0.717, 1.165) is 9.87 Å². The number of hydrogen-bond donors (Lipinski definition) is 1. The molecule has 26 heavy (non-hydrogen) atoms. The molecule has 0 aliphatic heterocycles. The van der Waals surface area contributed by atoms with E-state index in [1.807, 2.05) is 38.1 Å². The molecular weight excluding hydrogens is 350 g/mol. The van der Waals surface area contributed by atoms with Crippen LogP contribution in [-0.2, 0) is 14.8 Å². The summed E-state index contributed by atoms with van der Waals surface area (Å²) in [6.45, 7) is 2.79. The van der Waals surface area contributed by atoms with Gasteiger partial charge in [0.1, 0.15) is 6.54 Å². The summed E-state index contributed by atoms with van der Waals surface area (Å²) in [4.78, 5) is 14.4. The van der Waals surface area contributed by atoms with E-state index in [2.05, 4.69) is 5.32 Å². The Morgan fingerprint density at radius 3 is 2.19 bits per heavy atom.